The third kappa shape index (κ3) is 1.98. The first-order valence-electron chi connectivity index (χ1n) is 6.39. The zero-order chi connectivity index (χ0) is 11.9. The minimum absolute atomic E-state index is 0.493. The van der Waals surface area contributed by atoms with Crippen LogP contribution in [0, 0.1) is 5.41 Å². The van der Waals surface area contributed by atoms with Gasteiger partial charge in [-0.25, -0.2) is 0 Å². The molecule has 0 amide bonds. The fraction of sp³-hybridized carbons (Fsp3) is 0.833. The molecule has 2 fully saturated rings. The Bertz CT molecular complexity index is 395. The smallest absolute Gasteiger partial charge is 0.240 e. The molecule has 1 N–H and O–H groups in total. The van der Waals surface area contributed by atoms with Crippen LogP contribution < -0.4 is 5.32 Å². The molecule has 5 heteroatoms. The zero-order valence-corrected chi connectivity index (χ0v) is 10.6. The maximum absolute atomic E-state index is 5.23. The first-order chi connectivity index (χ1) is 8.23. The van der Waals surface area contributed by atoms with E-state index in [1.165, 1.54) is 32.4 Å². The van der Waals surface area contributed by atoms with Gasteiger partial charge < -0.3 is 14.7 Å². The van der Waals surface area contributed by atoms with Gasteiger partial charge in [-0.3, -0.25) is 0 Å². The summed E-state index contributed by atoms with van der Waals surface area (Å²) < 4.78 is 5.23. The Balaban J connectivity index is 1.66. The Morgan fingerprint density at radius 1 is 1.47 bits per heavy atom. The van der Waals surface area contributed by atoms with Gasteiger partial charge in [-0.05, 0) is 51.9 Å². The van der Waals surface area contributed by atoms with Gasteiger partial charge in [-0.2, -0.15) is 4.98 Å². The molecule has 1 unspecified atom stereocenters. The summed E-state index contributed by atoms with van der Waals surface area (Å²) in [5.74, 6) is 2.18. The van der Waals surface area contributed by atoms with E-state index < -0.39 is 0 Å². The van der Waals surface area contributed by atoms with Crippen LogP contribution in [-0.2, 0) is 6.54 Å². The van der Waals surface area contributed by atoms with E-state index in [0.29, 0.717) is 23.8 Å². The van der Waals surface area contributed by atoms with Crippen molar-refractivity contribution in [1.29, 1.82) is 0 Å². The monoisotopic (exact) mass is 236 g/mol. The van der Waals surface area contributed by atoms with Gasteiger partial charge in [0.2, 0.25) is 5.89 Å². The van der Waals surface area contributed by atoms with E-state index in [2.05, 4.69) is 27.4 Å². The lowest BCUT2D eigenvalue weighted by Gasteiger charge is -2.29. The standard InChI is InChI=1S/C12H20N4O/c1-13-8-10-14-11(15-17-10)9-7-12(9)3-5-16(2)6-4-12/h9,13H,3-8H2,1-2H3. The number of hydrogen-bond donors (Lipinski definition) is 1. The van der Waals surface area contributed by atoms with Gasteiger partial charge in [0.25, 0.3) is 0 Å². The van der Waals surface area contributed by atoms with E-state index in [-0.39, 0.29) is 0 Å². The van der Waals surface area contributed by atoms with E-state index in [0.717, 1.165) is 5.82 Å². The third-order valence-electron chi connectivity index (χ3n) is 4.30. The first-order valence-corrected chi connectivity index (χ1v) is 6.39. The number of piperidine rings is 1. The van der Waals surface area contributed by atoms with E-state index >= 15 is 0 Å². The lowest BCUT2D eigenvalue weighted by Crippen LogP contribution is -2.31. The van der Waals surface area contributed by atoms with Crippen LogP contribution in [0.5, 0.6) is 0 Å². The molecule has 3 rings (SSSR count). The number of hydrogen-bond acceptors (Lipinski definition) is 5. The quantitative estimate of drug-likeness (QED) is 0.848. The van der Waals surface area contributed by atoms with Crippen molar-refractivity contribution in [3.05, 3.63) is 11.7 Å². The van der Waals surface area contributed by atoms with Gasteiger partial charge in [-0.1, -0.05) is 5.16 Å². The number of likely N-dealkylation sites (tertiary alicyclic amines) is 1. The molecule has 1 aliphatic heterocycles. The van der Waals surface area contributed by atoms with Crippen LogP contribution in [0.2, 0.25) is 0 Å². The Morgan fingerprint density at radius 3 is 2.94 bits per heavy atom. The maximum Gasteiger partial charge on any atom is 0.240 e. The van der Waals surface area contributed by atoms with E-state index in [9.17, 15) is 0 Å². The minimum Gasteiger partial charge on any atom is -0.338 e. The second-order valence-corrected chi connectivity index (χ2v) is 5.50. The summed E-state index contributed by atoms with van der Waals surface area (Å²) in [5.41, 5.74) is 0.493. The summed E-state index contributed by atoms with van der Waals surface area (Å²) in [4.78, 5) is 6.88. The molecular weight excluding hydrogens is 216 g/mol. The lowest BCUT2D eigenvalue weighted by molar-refractivity contribution is 0.200. The van der Waals surface area contributed by atoms with Crippen molar-refractivity contribution < 1.29 is 4.52 Å². The summed E-state index contributed by atoms with van der Waals surface area (Å²) in [6, 6.07) is 0. The summed E-state index contributed by atoms with van der Waals surface area (Å²) in [6.07, 6.45) is 3.81. The number of aromatic nitrogens is 2. The number of nitrogens with one attached hydrogen (secondary N) is 1. The molecule has 1 saturated heterocycles. The van der Waals surface area contributed by atoms with Gasteiger partial charge in [0.15, 0.2) is 5.82 Å². The van der Waals surface area contributed by atoms with Crippen LogP contribution in [0.4, 0.5) is 0 Å². The van der Waals surface area contributed by atoms with Crippen LogP contribution in [0.25, 0.3) is 0 Å². The van der Waals surface area contributed by atoms with Gasteiger partial charge >= 0.3 is 0 Å². The van der Waals surface area contributed by atoms with E-state index in [1.807, 2.05) is 7.05 Å². The van der Waals surface area contributed by atoms with Gasteiger partial charge in [-0.15, -0.1) is 0 Å². The topological polar surface area (TPSA) is 54.2 Å². The molecule has 1 atom stereocenters. The Morgan fingerprint density at radius 2 is 2.24 bits per heavy atom. The van der Waals surface area contributed by atoms with E-state index in [4.69, 9.17) is 4.52 Å². The average Bonchev–Trinajstić information content (AvgIpc) is 2.82. The second-order valence-electron chi connectivity index (χ2n) is 5.50. The van der Waals surface area contributed by atoms with Crippen LogP contribution in [0.1, 0.15) is 36.9 Å². The maximum atomic E-state index is 5.23. The normalized spacial score (nSPS) is 27.5. The summed E-state index contributed by atoms with van der Waals surface area (Å²) >= 11 is 0. The largest absolute Gasteiger partial charge is 0.338 e. The van der Waals surface area contributed by atoms with Crippen molar-refractivity contribution in [2.45, 2.75) is 31.7 Å². The average molecular weight is 236 g/mol. The Labute approximate surface area is 102 Å². The van der Waals surface area contributed by atoms with Crippen LogP contribution >= 0.6 is 0 Å². The van der Waals surface area contributed by atoms with Crippen molar-refractivity contribution in [3.8, 4) is 0 Å². The molecule has 94 valence electrons. The minimum atomic E-state index is 0.493. The number of nitrogens with zero attached hydrogens (tertiary/aromatic N) is 3. The predicted octanol–water partition coefficient (Wildman–Crippen LogP) is 0.988. The molecule has 17 heavy (non-hydrogen) atoms. The Kier molecular flexibility index (Phi) is 2.67. The Hall–Kier alpha value is -0.940. The first kappa shape index (κ1) is 11.2. The van der Waals surface area contributed by atoms with Gasteiger partial charge in [0.05, 0.1) is 6.54 Å². The highest BCUT2D eigenvalue weighted by atomic mass is 16.5. The molecule has 1 saturated carbocycles. The van der Waals surface area contributed by atoms with Gasteiger partial charge in [0, 0.05) is 5.92 Å². The van der Waals surface area contributed by atoms with Crippen LogP contribution in [-0.4, -0.2) is 42.2 Å². The second kappa shape index (κ2) is 4.07. The van der Waals surface area contributed by atoms with Crippen molar-refractivity contribution in [2.75, 3.05) is 27.2 Å². The summed E-state index contributed by atoms with van der Waals surface area (Å²) in [6.45, 7) is 3.07. The van der Waals surface area contributed by atoms with Crippen LogP contribution in [0.15, 0.2) is 4.52 Å². The zero-order valence-electron chi connectivity index (χ0n) is 10.6. The predicted molar refractivity (Wildman–Crippen MR) is 63.6 cm³/mol. The summed E-state index contributed by atoms with van der Waals surface area (Å²) in [5, 5.41) is 7.16. The van der Waals surface area contributed by atoms with E-state index in [1.54, 1.807) is 0 Å². The van der Waals surface area contributed by atoms with Crippen molar-refractivity contribution in [2.24, 2.45) is 5.41 Å². The van der Waals surface area contributed by atoms with Crippen LogP contribution in [0.3, 0.4) is 0 Å². The fourth-order valence-electron chi connectivity index (χ4n) is 2.96. The number of rotatable bonds is 3. The molecular formula is C12H20N4O. The SMILES string of the molecule is CNCc1nc(C2CC23CCN(C)CC3)no1. The van der Waals surface area contributed by atoms with Crippen molar-refractivity contribution in [3.63, 3.8) is 0 Å². The third-order valence-corrected chi connectivity index (χ3v) is 4.30. The molecule has 1 spiro atoms. The van der Waals surface area contributed by atoms with Gasteiger partial charge in [0.1, 0.15) is 0 Å². The lowest BCUT2D eigenvalue weighted by atomic mass is 9.91. The highest BCUT2D eigenvalue weighted by molar-refractivity contribution is 5.18. The van der Waals surface area contributed by atoms with Crippen molar-refractivity contribution >= 4 is 0 Å². The highest BCUT2D eigenvalue weighted by Gasteiger charge is 2.57. The molecule has 1 aliphatic carbocycles. The molecule has 2 aliphatic rings. The molecule has 0 radical (unpaired) electrons. The molecule has 0 bridgehead atoms. The molecule has 1 aromatic heterocycles. The highest BCUT2D eigenvalue weighted by Crippen LogP contribution is 2.64. The van der Waals surface area contributed by atoms with Crippen molar-refractivity contribution in [1.82, 2.24) is 20.4 Å². The molecule has 5 nitrogen and oxygen atoms in total. The molecule has 0 aromatic carbocycles. The fourth-order valence-corrected chi connectivity index (χ4v) is 2.96. The molecule has 2 heterocycles. The molecule has 1 aromatic rings. The summed E-state index contributed by atoms with van der Waals surface area (Å²) in [7, 11) is 4.09.